The highest BCUT2D eigenvalue weighted by Gasteiger charge is 2.36. The van der Waals surface area contributed by atoms with Crippen molar-refractivity contribution in [3.05, 3.63) is 144 Å². The number of benzene rings is 4. The molecule has 0 amide bonds. The van der Waals surface area contributed by atoms with Crippen molar-refractivity contribution in [1.29, 1.82) is 0 Å². The van der Waals surface area contributed by atoms with Crippen LogP contribution in [0.2, 0.25) is 0 Å². The normalized spacial score (nSPS) is 14.3. The molecule has 0 aliphatic rings. The lowest BCUT2D eigenvalue weighted by Crippen LogP contribution is -2.50. The van der Waals surface area contributed by atoms with Gasteiger partial charge in [-0.05, 0) is 22.3 Å². The minimum absolute atomic E-state index is 0.0111. The van der Waals surface area contributed by atoms with E-state index in [1.807, 2.05) is 121 Å². The molecule has 4 aromatic rings. The van der Waals surface area contributed by atoms with Gasteiger partial charge in [0.25, 0.3) is 0 Å². The van der Waals surface area contributed by atoms with Crippen LogP contribution in [-0.2, 0) is 45.4 Å². The van der Waals surface area contributed by atoms with E-state index >= 15 is 0 Å². The van der Waals surface area contributed by atoms with Crippen molar-refractivity contribution >= 4 is 0 Å². The molecule has 0 fully saturated rings. The molecule has 0 aromatic heterocycles. The maximum atomic E-state index is 11.3. The predicted octanol–water partition coefficient (Wildman–Crippen LogP) is 5.31. The summed E-state index contributed by atoms with van der Waals surface area (Å²) in [6.45, 7) is 1.20. The van der Waals surface area contributed by atoms with Crippen LogP contribution in [-0.4, -0.2) is 47.8 Å². The quantitative estimate of drug-likeness (QED) is 0.188. The third kappa shape index (κ3) is 9.99. The van der Waals surface area contributed by atoms with Crippen LogP contribution < -0.4 is 0 Å². The van der Waals surface area contributed by atoms with Gasteiger partial charge in [-0.2, -0.15) is 0 Å². The van der Waals surface area contributed by atoms with Crippen molar-refractivity contribution in [2.24, 2.45) is 0 Å². The lowest BCUT2D eigenvalue weighted by atomic mass is 10.0. The summed E-state index contributed by atoms with van der Waals surface area (Å²) in [5, 5.41) is 22.6. The molecular formula is C34H38O6. The van der Waals surface area contributed by atoms with Gasteiger partial charge in [-0.25, -0.2) is 0 Å². The van der Waals surface area contributed by atoms with E-state index < -0.39 is 24.4 Å². The molecule has 6 heteroatoms. The molecule has 4 aromatic carbocycles. The van der Waals surface area contributed by atoms with Crippen molar-refractivity contribution in [2.45, 2.75) is 50.8 Å². The number of hydrogen-bond acceptors (Lipinski definition) is 6. The Morgan fingerprint density at radius 1 is 0.400 bits per heavy atom. The van der Waals surface area contributed by atoms with Crippen LogP contribution in [0.4, 0.5) is 0 Å². The predicted molar refractivity (Wildman–Crippen MR) is 154 cm³/mol. The summed E-state index contributed by atoms with van der Waals surface area (Å²) >= 11 is 0. The maximum Gasteiger partial charge on any atom is 0.115 e. The van der Waals surface area contributed by atoms with Crippen LogP contribution in [0.3, 0.4) is 0 Å². The molecule has 2 N–H and O–H groups in total. The maximum absolute atomic E-state index is 11.3. The zero-order chi connectivity index (χ0) is 27.8. The van der Waals surface area contributed by atoms with E-state index in [1.165, 1.54) is 0 Å². The Labute approximate surface area is 236 Å². The summed E-state index contributed by atoms with van der Waals surface area (Å²) in [6.07, 6.45) is -3.88. The molecule has 0 bridgehead atoms. The van der Waals surface area contributed by atoms with Crippen molar-refractivity contribution in [2.75, 3.05) is 13.2 Å². The first kappa shape index (κ1) is 29.6. The first-order chi connectivity index (χ1) is 19.7. The highest BCUT2D eigenvalue weighted by Crippen LogP contribution is 2.20. The molecule has 0 heterocycles. The van der Waals surface area contributed by atoms with Crippen LogP contribution in [0.25, 0.3) is 0 Å². The molecule has 40 heavy (non-hydrogen) atoms. The van der Waals surface area contributed by atoms with Gasteiger partial charge < -0.3 is 29.2 Å². The first-order valence-electron chi connectivity index (χ1n) is 13.6. The minimum atomic E-state index is -1.06. The molecule has 6 nitrogen and oxygen atoms in total. The summed E-state index contributed by atoms with van der Waals surface area (Å²) in [7, 11) is 0. The van der Waals surface area contributed by atoms with E-state index in [1.54, 1.807) is 0 Å². The third-order valence-corrected chi connectivity index (χ3v) is 6.45. The topological polar surface area (TPSA) is 77.4 Å². The van der Waals surface area contributed by atoms with Gasteiger partial charge in [-0.1, -0.05) is 121 Å². The molecule has 4 atom stereocenters. The molecular weight excluding hydrogens is 504 g/mol. The van der Waals surface area contributed by atoms with Gasteiger partial charge in [0.05, 0.1) is 39.6 Å². The van der Waals surface area contributed by atoms with E-state index in [-0.39, 0.29) is 26.4 Å². The average Bonchev–Trinajstić information content (AvgIpc) is 3.00. The lowest BCUT2D eigenvalue weighted by Gasteiger charge is -2.34. The number of ether oxygens (including phenoxy) is 4. The summed E-state index contributed by atoms with van der Waals surface area (Å²) < 4.78 is 24.2. The first-order valence-corrected chi connectivity index (χ1v) is 13.6. The van der Waals surface area contributed by atoms with E-state index in [4.69, 9.17) is 18.9 Å². The summed E-state index contributed by atoms with van der Waals surface area (Å²) in [5.41, 5.74) is 3.90. The second-order valence-corrected chi connectivity index (χ2v) is 9.66. The molecule has 0 spiro atoms. The average molecular weight is 543 g/mol. The summed E-state index contributed by atoms with van der Waals surface area (Å²) in [4.78, 5) is 0. The monoisotopic (exact) mass is 542 g/mol. The summed E-state index contributed by atoms with van der Waals surface area (Å²) in [5.74, 6) is 0. The fourth-order valence-corrected chi connectivity index (χ4v) is 4.32. The standard InChI is InChI=1S/C34H38O6/c35-31(25-37-21-27-13-5-1-6-14-27)33(39-23-29-17-9-3-10-18-29)34(40-24-30-19-11-4-12-20-30)32(36)26-38-22-28-15-7-2-8-16-28/h1-20,31-36H,21-26H2/t31-,32-,33-,34-/m0/s1. The molecule has 0 aliphatic carbocycles. The zero-order valence-corrected chi connectivity index (χ0v) is 22.6. The third-order valence-electron chi connectivity index (χ3n) is 6.45. The molecule has 0 radical (unpaired) electrons. The number of aliphatic hydroxyl groups is 2. The van der Waals surface area contributed by atoms with Crippen LogP contribution in [0.5, 0.6) is 0 Å². The van der Waals surface area contributed by atoms with Gasteiger partial charge in [0.1, 0.15) is 24.4 Å². The molecule has 0 aliphatic heterocycles. The summed E-state index contributed by atoms with van der Waals surface area (Å²) in [6, 6.07) is 39.0. The highest BCUT2D eigenvalue weighted by atomic mass is 16.6. The van der Waals surface area contributed by atoms with E-state index in [0.29, 0.717) is 13.2 Å². The Kier molecular flexibility index (Phi) is 12.3. The van der Waals surface area contributed by atoms with Crippen LogP contribution >= 0.6 is 0 Å². The number of hydrogen-bond donors (Lipinski definition) is 2. The van der Waals surface area contributed by atoms with Crippen molar-refractivity contribution < 1.29 is 29.2 Å². The molecule has 210 valence electrons. The van der Waals surface area contributed by atoms with Gasteiger partial charge in [0.2, 0.25) is 0 Å². The SMILES string of the molecule is O[C@@H](COCc1ccccc1)[C@H](OCc1ccccc1)[C@@H](OCc1ccccc1)[C@@H](O)COCc1ccccc1. The largest absolute Gasteiger partial charge is 0.388 e. The molecule has 0 unspecified atom stereocenters. The van der Waals surface area contributed by atoms with Crippen molar-refractivity contribution in [1.82, 2.24) is 0 Å². The Morgan fingerprint density at radius 2 is 0.675 bits per heavy atom. The van der Waals surface area contributed by atoms with Crippen LogP contribution in [0.15, 0.2) is 121 Å². The van der Waals surface area contributed by atoms with Gasteiger partial charge in [0.15, 0.2) is 0 Å². The van der Waals surface area contributed by atoms with Gasteiger partial charge in [0, 0.05) is 0 Å². The Morgan fingerprint density at radius 3 is 0.975 bits per heavy atom. The fraction of sp³-hybridized carbons (Fsp3) is 0.294. The van der Waals surface area contributed by atoms with Crippen LogP contribution in [0.1, 0.15) is 22.3 Å². The minimum Gasteiger partial charge on any atom is -0.388 e. The second kappa shape index (κ2) is 16.7. The Hall–Kier alpha value is -3.36. The van der Waals surface area contributed by atoms with Gasteiger partial charge >= 0.3 is 0 Å². The number of rotatable bonds is 17. The highest BCUT2D eigenvalue weighted by molar-refractivity contribution is 5.16. The number of aliphatic hydroxyl groups excluding tert-OH is 2. The van der Waals surface area contributed by atoms with Crippen molar-refractivity contribution in [3.63, 3.8) is 0 Å². The Balaban J connectivity index is 1.47. The molecule has 4 rings (SSSR count). The van der Waals surface area contributed by atoms with E-state index in [0.717, 1.165) is 22.3 Å². The van der Waals surface area contributed by atoms with E-state index in [2.05, 4.69) is 0 Å². The van der Waals surface area contributed by atoms with E-state index in [9.17, 15) is 10.2 Å². The second-order valence-electron chi connectivity index (χ2n) is 9.66. The van der Waals surface area contributed by atoms with Crippen molar-refractivity contribution in [3.8, 4) is 0 Å². The van der Waals surface area contributed by atoms with Gasteiger partial charge in [-0.3, -0.25) is 0 Å². The molecule has 0 saturated heterocycles. The van der Waals surface area contributed by atoms with Gasteiger partial charge in [-0.15, -0.1) is 0 Å². The molecule has 0 saturated carbocycles. The fourth-order valence-electron chi connectivity index (χ4n) is 4.32. The Bertz CT molecular complexity index is 1090. The lowest BCUT2D eigenvalue weighted by molar-refractivity contribution is -0.184. The van der Waals surface area contributed by atoms with Crippen LogP contribution in [0, 0.1) is 0 Å². The zero-order valence-electron chi connectivity index (χ0n) is 22.6. The smallest absolute Gasteiger partial charge is 0.115 e.